The van der Waals surface area contributed by atoms with Gasteiger partial charge in [0.05, 0.1) is 0 Å². The summed E-state index contributed by atoms with van der Waals surface area (Å²) in [5.74, 6) is -0.733. The molecule has 0 radical (unpaired) electrons. The third-order valence-electron chi connectivity index (χ3n) is 6.82. The van der Waals surface area contributed by atoms with E-state index in [1.54, 1.807) is 41.3 Å². The Morgan fingerprint density at radius 3 is 2.26 bits per heavy atom. The lowest BCUT2D eigenvalue weighted by molar-refractivity contribution is -0.135. The number of rotatable bonds is 6. The van der Waals surface area contributed by atoms with Crippen LogP contribution in [0, 0.1) is 0 Å². The van der Waals surface area contributed by atoms with Crippen LogP contribution in [-0.2, 0) is 19.8 Å². The van der Waals surface area contributed by atoms with Crippen molar-refractivity contribution in [3.63, 3.8) is 0 Å². The van der Waals surface area contributed by atoms with E-state index in [0.717, 1.165) is 12.0 Å². The van der Waals surface area contributed by atoms with Crippen molar-refractivity contribution < 1.29 is 14.4 Å². The molecule has 0 aliphatic carbocycles. The number of likely N-dealkylation sites (tertiary alicyclic amines) is 1. The summed E-state index contributed by atoms with van der Waals surface area (Å²) in [5.41, 5.74) is 2.33. The third-order valence-corrected chi connectivity index (χ3v) is 6.82. The van der Waals surface area contributed by atoms with Gasteiger partial charge in [0.15, 0.2) is 0 Å². The maximum Gasteiger partial charge on any atom is 0.250 e. The van der Waals surface area contributed by atoms with Gasteiger partial charge in [-0.1, -0.05) is 45.0 Å². The quantitative estimate of drug-likeness (QED) is 0.525. The number of allylic oxidation sites excluding steroid dienone is 1. The highest BCUT2D eigenvalue weighted by molar-refractivity contribution is 6.06. The molecular formula is C31H42N4O3. The second-order valence-electron chi connectivity index (χ2n) is 12.1. The maximum atomic E-state index is 14.5. The molecule has 1 aliphatic rings. The smallest absolute Gasteiger partial charge is 0.250 e. The molecule has 7 heteroatoms. The molecule has 0 bridgehead atoms. The first-order chi connectivity index (χ1) is 17.7. The molecule has 0 saturated carbocycles. The molecule has 1 N–H and O–H groups in total. The topological polar surface area (TPSA) is 82.6 Å². The average molecular weight is 519 g/mol. The number of aromatic nitrogens is 1. The highest BCUT2D eigenvalue weighted by Crippen LogP contribution is 2.34. The van der Waals surface area contributed by atoms with E-state index in [1.807, 2.05) is 58.0 Å². The Hall–Kier alpha value is -3.48. The van der Waals surface area contributed by atoms with E-state index in [0.29, 0.717) is 29.8 Å². The molecule has 1 fully saturated rings. The second kappa shape index (κ2) is 11.5. The van der Waals surface area contributed by atoms with E-state index in [9.17, 15) is 14.4 Å². The van der Waals surface area contributed by atoms with Crippen LogP contribution >= 0.6 is 0 Å². The first-order valence-electron chi connectivity index (χ1n) is 13.3. The molecule has 1 unspecified atom stereocenters. The minimum Gasteiger partial charge on any atom is -0.349 e. The Bertz CT molecular complexity index is 1170. The van der Waals surface area contributed by atoms with Gasteiger partial charge < -0.3 is 10.2 Å². The van der Waals surface area contributed by atoms with Crippen LogP contribution in [0.2, 0.25) is 0 Å². The minimum atomic E-state index is -0.962. The van der Waals surface area contributed by atoms with Crippen LogP contribution in [0.3, 0.4) is 0 Å². The lowest BCUT2D eigenvalue weighted by atomic mass is 9.87. The van der Waals surface area contributed by atoms with Gasteiger partial charge in [-0.05, 0) is 76.6 Å². The van der Waals surface area contributed by atoms with Crippen LogP contribution in [-0.4, -0.2) is 45.7 Å². The fourth-order valence-corrected chi connectivity index (χ4v) is 4.70. The summed E-state index contributed by atoms with van der Waals surface area (Å²) >= 11 is 0. The number of amides is 3. The van der Waals surface area contributed by atoms with E-state index in [2.05, 4.69) is 31.1 Å². The van der Waals surface area contributed by atoms with Crippen molar-refractivity contribution >= 4 is 23.4 Å². The van der Waals surface area contributed by atoms with Crippen molar-refractivity contribution in [1.82, 2.24) is 15.2 Å². The number of nitrogens with one attached hydrogen (secondary N) is 1. The fraction of sp³-hybridized carbons (Fsp3) is 0.484. The molecular weight excluding hydrogens is 476 g/mol. The van der Waals surface area contributed by atoms with Crippen LogP contribution < -0.4 is 10.2 Å². The Morgan fingerprint density at radius 1 is 1.08 bits per heavy atom. The van der Waals surface area contributed by atoms with Crippen molar-refractivity contribution in [3.8, 4) is 0 Å². The molecule has 38 heavy (non-hydrogen) atoms. The van der Waals surface area contributed by atoms with Crippen LogP contribution in [0.25, 0.3) is 0 Å². The lowest BCUT2D eigenvalue weighted by Crippen LogP contribution is -2.54. The number of pyridine rings is 1. The van der Waals surface area contributed by atoms with Gasteiger partial charge in [-0.2, -0.15) is 0 Å². The predicted molar refractivity (Wildman–Crippen MR) is 152 cm³/mol. The molecule has 0 spiro atoms. The van der Waals surface area contributed by atoms with Crippen LogP contribution in [0.1, 0.15) is 85.4 Å². The molecule has 1 aliphatic heterocycles. The second-order valence-corrected chi connectivity index (χ2v) is 12.1. The number of carbonyl (C=O) groups is 3. The van der Waals surface area contributed by atoms with Crippen molar-refractivity contribution in [1.29, 1.82) is 0 Å². The Morgan fingerprint density at radius 2 is 1.74 bits per heavy atom. The molecule has 2 aromatic rings. The Kier molecular flexibility index (Phi) is 8.80. The maximum absolute atomic E-state index is 14.5. The molecule has 1 aromatic heterocycles. The first-order valence-corrected chi connectivity index (χ1v) is 13.3. The molecule has 1 aromatic carbocycles. The van der Waals surface area contributed by atoms with Gasteiger partial charge in [-0.15, -0.1) is 0 Å². The Balaban J connectivity index is 2.17. The molecule has 204 valence electrons. The Labute approximate surface area is 227 Å². The van der Waals surface area contributed by atoms with Gasteiger partial charge in [0.1, 0.15) is 12.1 Å². The van der Waals surface area contributed by atoms with Crippen molar-refractivity contribution in [2.24, 2.45) is 0 Å². The molecule has 2 heterocycles. The van der Waals surface area contributed by atoms with Gasteiger partial charge in [-0.25, -0.2) is 0 Å². The van der Waals surface area contributed by atoms with Crippen molar-refractivity contribution in [2.75, 3.05) is 11.4 Å². The molecule has 7 nitrogen and oxygen atoms in total. The lowest BCUT2D eigenvalue weighted by Gasteiger charge is -2.37. The number of hydrogen-bond acceptors (Lipinski definition) is 4. The molecule has 3 rings (SSSR count). The number of benzene rings is 1. The molecule has 3 amide bonds. The summed E-state index contributed by atoms with van der Waals surface area (Å²) in [6.45, 7) is 16.2. The highest BCUT2D eigenvalue weighted by Gasteiger charge is 2.42. The normalized spacial score (nSPS) is 17.2. The van der Waals surface area contributed by atoms with E-state index in [-0.39, 0.29) is 23.1 Å². The first kappa shape index (κ1) is 29.1. The number of nitrogens with zero attached hydrogens (tertiary/aromatic N) is 3. The summed E-state index contributed by atoms with van der Waals surface area (Å²) in [7, 11) is 0. The van der Waals surface area contributed by atoms with Gasteiger partial charge in [0.2, 0.25) is 11.8 Å². The van der Waals surface area contributed by atoms with E-state index < -0.39 is 17.6 Å². The zero-order valence-corrected chi connectivity index (χ0v) is 24.0. The fourth-order valence-electron chi connectivity index (χ4n) is 4.70. The summed E-state index contributed by atoms with van der Waals surface area (Å²) in [6.07, 6.45) is 6.29. The number of carbonyl (C=O) groups excluding carboxylic acids is 3. The SMILES string of the molecule is C/C=C(\C)C(=O)N1CCC[C@@H]1C(=O)N(c1ccc(C(C)(C)C)cc1)C(C(=O)NC(C)(C)C)c1cccnc1. The zero-order valence-electron chi connectivity index (χ0n) is 24.0. The standard InChI is InChI=1S/C31H42N4O3/c1-9-21(2)28(37)34-19-11-13-25(34)29(38)35(24-16-14-23(15-17-24)30(3,4)5)26(22-12-10-18-32-20-22)27(36)33-31(6,7)8/h9-10,12,14-18,20,25-26H,11,13,19H2,1-8H3,(H,33,36)/b21-9+/t25-,26?/m1/s1. The summed E-state index contributed by atoms with van der Waals surface area (Å²) in [6, 6.07) is 9.73. The van der Waals surface area contributed by atoms with Crippen LogP contribution in [0.15, 0.2) is 60.4 Å². The summed E-state index contributed by atoms with van der Waals surface area (Å²) in [5, 5.41) is 3.06. The zero-order chi connectivity index (χ0) is 28.3. The summed E-state index contributed by atoms with van der Waals surface area (Å²) < 4.78 is 0. The molecule has 1 saturated heterocycles. The number of hydrogen-bond donors (Lipinski definition) is 1. The van der Waals surface area contributed by atoms with E-state index >= 15 is 0 Å². The van der Waals surface area contributed by atoms with Gasteiger partial charge in [-0.3, -0.25) is 24.3 Å². The third kappa shape index (κ3) is 6.69. The van der Waals surface area contributed by atoms with Gasteiger partial charge in [0, 0.05) is 41.3 Å². The van der Waals surface area contributed by atoms with Crippen LogP contribution in [0.5, 0.6) is 0 Å². The van der Waals surface area contributed by atoms with Crippen molar-refractivity contribution in [3.05, 3.63) is 71.6 Å². The van der Waals surface area contributed by atoms with Crippen molar-refractivity contribution in [2.45, 2.75) is 91.3 Å². The molecule has 2 atom stereocenters. The monoisotopic (exact) mass is 518 g/mol. The van der Waals surface area contributed by atoms with Gasteiger partial charge in [0.25, 0.3) is 5.91 Å². The largest absolute Gasteiger partial charge is 0.349 e. The number of anilines is 1. The minimum absolute atomic E-state index is 0.0710. The highest BCUT2D eigenvalue weighted by atomic mass is 16.2. The van der Waals surface area contributed by atoms with Crippen LogP contribution in [0.4, 0.5) is 5.69 Å². The van der Waals surface area contributed by atoms with E-state index in [4.69, 9.17) is 0 Å². The summed E-state index contributed by atoms with van der Waals surface area (Å²) in [4.78, 5) is 48.9. The van der Waals surface area contributed by atoms with Gasteiger partial charge >= 0.3 is 0 Å². The average Bonchev–Trinajstić information content (AvgIpc) is 3.35. The van der Waals surface area contributed by atoms with E-state index in [1.165, 1.54) is 0 Å². The predicted octanol–water partition coefficient (Wildman–Crippen LogP) is 5.33.